The minimum Gasteiger partial charge on any atom is -0.506 e. The summed E-state index contributed by atoms with van der Waals surface area (Å²) in [6.45, 7) is 0.693. The van der Waals surface area contributed by atoms with Crippen LogP contribution in [0.5, 0.6) is 5.75 Å². The molecule has 41 heavy (non-hydrogen) atoms. The van der Waals surface area contributed by atoms with Crippen molar-refractivity contribution in [1.82, 2.24) is 5.32 Å². The van der Waals surface area contributed by atoms with Crippen LogP contribution in [0.2, 0.25) is 0 Å². The zero-order valence-corrected chi connectivity index (χ0v) is 23.7. The van der Waals surface area contributed by atoms with Gasteiger partial charge in [-0.2, -0.15) is 0 Å². The number of benzene rings is 3. The third kappa shape index (κ3) is 9.67. The van der Waals surface area contributed by atoms with Gasteiger partial charge in [-0.25, -0.2) is 18.0 Å². The van der Waals surface area contributed by atoms with Crippen LogP contribution in [-0.4, -0.2) is 64.4 Å². The Morgan fingerprint density at radius 1 is 0.829 bits per heavy atom. The van der Waals surface area contributed by atoms with Crippen molar-refractivity contribution in [2.45, 2.75) is 18.4 Å². The fourth-order valence-electron chi connectivity index (χ4n) is 4.11. The summed E-state index contributed by atoms with van der Waals surface area (Å²) in [5.74, 6) is -0.319. The van der Waals surface area contributed by atoms with Crippen LogP contribution in [0.1, 0.15) is 35.1 Å². The lowest BCUT2D eigenvalue weighted by atomic mass is 9.88. The normalized spacial score (nSPS) is 11.9. The molecule has 13 heteroatoms. The highest BCUT2D eigenvalue weighted by atomic mass is 32.2. The molecule has 0 aromatic heterocycles. The second-order valence-electron chi connectivity index (χ2n) is 9.19. The minimum absolute atomic E-state index is 0.0145. The molecular weight excluding hydrogens is 552 g/mol. The molecule has 2 amide bonds. The number of aliphatic hydroxyl groups is 1. The molecule has 3 aromatic rings. The molecule has 3 rings (SSSR count). The first-order valence-electron chi connectivity index (χ1n) is 12.6. The van der Waals surface area contributed by atoms with E-state index in [9.17, 15) is 28.2 Å². The average Bonchev–Trinajstić information content (AvgIpc) is 2.94. The van der Waals surface area contributed by atoms with Crippen molar-refractivity contribution in [2.24, 2.45) is 0 Å². The van der Waals surface area contributed by atoms with Gasteiger partial charge in [-0.15, -0.1) is 0 Å². The standard InChI is InChI=1S/C28H34N4O8S/c1-39-27(35)30-21-9-4-18(5-10-21)23(19-6-11-22(12-7-19)31-28(36)40-2)14-15-29-17-26(34)20-8-13-25(33)24(16-20)32-41(3,37)38/h4-13,16,23,26,29,32-34H,14-15,17H2,1-3H3,(H,30,35)(H,31,36)/t26-/m0/s1. The van der Waals surface area contributed by atoms with Crippen LogP contribution in [0.3, 0.4) is 0 Å². The van der Waals surface area contributed by atoms with Crippen molar-refractivity contribution in [1.29, 1.82) is 0 Å². The number of amides is 2. The van der Waals surface area contributed by atoms with Crippen LogP contribution >= 0.6 is 0 Å². The van der Waals surface area contributed by atoms with Gasteiger partial charge >= 0.3 is 12.2 Å². The van der Waals surface area contributed by atoms with E-state index in [1.54, 1.807) is 24.3 Å². The smallest absolute Gasteiger partial charge is 0.411 e. The first-order chi connectivity index (χ1) is 19.5. The van der Waals surface area contributed by atoms with Crippen molar-refractivity contribution >= 4 is 39.3 Å². The number of hydrogen-bond acceptors (Lipinski definition) is 9. The Morgan fingerprint density at radius 2 is 1.32 bits per heavy atom. The van der Waals surface area contributed by atoms with E-state index < -0.39 is 28.3 Å². The van der Waals surface area contributed by atoms with Crippen LogP contribution < -0.4 is 20.7 Å². The molecular formula is C28H34N4O8S. The summed E-state index contributed by atoms with van der Waals surface area (Å²) in [6.07, 6.45) is -0.491. The highest BCUT2D eigenvalue weighted by molar-refractivity contribution is 7.92. The Labute approximate surface area is 238 Å². The lowest BCUT2D eigenvalue weighted by molar-refractivity contribution is 0.174. The van der Waals surface area contributed by atoms with E-state index in [4.69, 9.17) is 0 Å². The average molecular weight is 587 g/mol. The zero-order chi connectivity index (χ0) is 30.0. The van der Waals surface area contributed by atoms with Gasteiger partial charge in [0.25, 0.3) is 0 Å². The molecule has 220 valence electrons. The van der Waals surface area contributed by atoms with Gasteiger partial charge in [0.1, 0.15) is 5.75 Å². The van der Waals surface area contributed by atoms with Gasteiger partial charge in [0, 0.05) is 23.8 Å². The molecule has 0 fully saturated rings. The Kier molecular flexibility index (Phi) is 10.9. The number of rotatable bonds is 12. The quantitative estimate of drug-likeness (QED) is 0.135. The van der Waals surface area contributed by atoms with Gasteiger partial charge in [-0.1, -0.05) is 30.3 Å². The number of hydrogen-bond donors (Lipinski definition) is 6. The fraction of sp³-hybridized carbons (Fsp3) is 0.286. The molecule has 0 aliphatic carbocycles. The summed E-state index contributed by atoms with van der Waals surface area (Å²) < 4.78 is 34.6. The van der Waals surface area contributed by atoms with Gasteiger partial charge < -0.3 is 25.0 Å². The maximum absolute atomic E-state index is 11.6. The highest BCUT2D eigenvalue weighted by Gasteiger charge is 2.17. The van der Waals surface area contributed by atoms with Crippen LogP contribution in [0.15, 0.2) is 66.7 Å². The summed E-state index contributed by atoms with van der Waals surface area (Å²) in [4.78, 5) is 23.1. The number of sulfonamides is 1. The Morgan fingerprint density at radius 3 is 1.78 bits per heavy atom. The van der Waals surface area contributed by atoms with Crippen molar-refractivity contribution < 1.29 is 37.7 Å². The maximum atomic E-state index is 11.6. The number of carbonyl (C=O) groups excluding carboxylic acids is 2. The molecule has 6 N–H and O–H groups in total. The molecule has 0 saturated carbocycles. The molecule has 0 heterocycles. The number of carbonyl (C=O) groups is 2. The van der Waals surface area contributed by atoms with Gasteiger partial charge in [0.15, 0.2) is 0 Å². The van der Waals surface area contributed by atoms with E-state index in [0.29, 0.717) is 29.9 Å². The molecule has 0 saturated heterocycles. The van der Waals surface area contributed by atoms with Crippen LogP contribution in [0, 0.1) is 0 Å². The Hall–Kier alpha value is -4.33. The number of aromatic hydroxyl groups is 1. The minimum atomic E-state index is -3.61. The number of phenolic OH excluding ortho intramolecular Hbond substituents is 1. The predicted octanol–water partition coefficient (Wildman–Crippen LogP) is 3.97. The van der Waals surface area contributed by atoms with Crippen molar-refractivity contribution in [3.05, 3.63) is 83.4 Å². The summed E-state index contributed by atoms with van der Waals surface area (Å²) in [7, 11) is -1.03. The monoisotopic (exact) mass is 586 g/mol. The van der Waals surface area contributed by atoms with E-state index in [0.717, 1.165) is 17.4 Å². The number of aliphatic hydroxyl groups excluding tert-OH is 1. The van der Waals surface area contributed by atoms with E-state index in [1.807, 2.05) is 24.3 Å². The van der Waals surface area contributed by atoms with Crippen molar-refractivity contribution in [2.75, 3.05) is 48.9 Å². The van der Waals surface area contributed by atoms with E-state index in [-0.39, 0.29) is 23.9 Å². The molecule has 12 nitrogen and oxygen atoms in total. The third-order valence-electron chi connectivity index (χ3n) is 6.14. The van der Waals surface area contributed by atoms with Crippen molar-refractivity contribution in [3.63, 3.8) is 0 Å². The largest absolute Gasteiger partial charge is 0.506 e. The predicted molar refractivity (Wildman–Crippen MR) is 156 cm³/mol. The molecule has 0 spiro atoms. The number of anilines is 3. The molecule has 0 aliphatic rings. The van der Waals surface area contributed by atoms with E-state index in [1.165, 1.54) is 32.4 Å². The second-order valence-corrected chi connectivity index (χ2v) is 10.9. The second kappa shape index (κ2) is 14.3. The highest BCUT2D eigenvalue weighted by Crippen LogP contribution is 2.30. The SMILES string of the molecule is COC(=O)Nc1ccc(C(CCNC[C@H](O)c2ccc(O)c(NS(C)(=O)=O)c2)c2ccc(NC(=O)OC)cc2)cc1. The van der Waals surface area contributed by atoms with E-state index in [2.05, 4.69) is 30.1 Å². The summed E-state index contributed by atoms with van der Waals surface area (Å²) in [5, 5.41) is 29.1. The fourth-order valence-corrected chi connectivity index (χ4v) is 4.67. The van der Waals surface area contributed by atoms with Gasteiger partial charge in [0.05, 0.1) is 32.3 Å². The molecule has 0 unspecified atom stereocenters. The number of methoxy groups -OCH3 is 2. The lowest BCUT2D eigenvalue weighted by Gasteiger charge is -2.20. The van der Waals surface area contributed by atoms with Gasteiger partial charge in [-0.05, 0) is 66.1 Å². The number of ether oxygens (including phenoxy) is 2. The van der Waals surface area contributed by atoms with Crippen LogP contribution in [-0.2, 0) is 19.5 Å². The zero-order valence-electron chi connectivity index (χ0n) is 22.9. The maximum Gasteiger partial charge on any atom is 0.411 e. The summed E-state index contributed by atoms with van der Waals surface area (Å²) in [6, 6.07) is 18.9. The van der Waals surface area contributed by atoms with Gasteiger partial charge in [-0.3, -0.25) is 15.4 Å². The lowest BCUT2D eigenvalue weighted by Crippen LogP contribution is -2.24. The van der Waals surface area contributed by atoms with Crippen LogP contribution in [0.25, 0.3) is 0 Å². The third-order valence-corrected chi connectivity index (χ3v) is 6.73. The number of phenols is 1. The topological polar surface area (TPSA) is 175 Å². The molecule has 1 atom stereocenters. The van der Waals surface area contributed by atoms with Crippen molar-refractivity contribution in [3.8, 4) is 5.75 Å². The van der Waals surface area contributed by atoms with Gasteiger partial charge in [0.2, 0.25) is 10.0 Å². The van der Waals surface area contributed by atoms with E-state index >= 15 is 0 Å². The summed E-state index contributed by atoms with van der Waals surface area (Å²) in [5.41, 5.74) is 3.53. The molecule has 3 aromatic carbocycles. The first-order valence-corrected chi connectivity index (χ1v) is 14.5. The first kappa shape index (κ1) is 31.2. The molecule has 0 radical (unpaired) electrons. The number of nitrogens with one attached hydrogen (secondary N) is 4. The molecule has 0 bridgehead atoms. The van der Waals surface area contributed by atoms with Crippen LogP contribution in [0.4, 0.5) is 26.7 Å². The Balaban J connectivity index is 1.71. The molecule has 0 aliphatic heterocycles. The Bertz CT molecular complexity index is 1370. The summed E-state index contributed by atoms with van der Waals surface area (Å²) >= 11 is 0.